The van der Waals surface area contributed by atoms with E-state index in [1.54, 1.807) is 20.9 Å². The maximum atomic E-state index is 12.5. The first-order chi connectivity index (χ1) is 9.95. The van der Waals surface area contributed by atoms with E-state index in [2.05, 4.69) is 0 Å². The van der Waals surface area contributed by atoms with Crippen molar-refractivity contribution in [1.29, 1.82) is 0 Å². The number of hydrogen-bond acceptors (Lipinski definition) is 5. The van der Waals surface area contributed by atoms with Crippen molar-refractivity contribution in [3.8, 4) is 0 Å². The van der Waals surface area contributed by atoms with E-state index in [0.717, 1.165) is 0 Å². The summed E-state index contributed by atoms with van der Waals surface area (Å²) in [5.74, 6) is -0.985. The Kier molecular flexibility index (Phi) is 4.50. The van der Waals surface area contributed by atoms with Gasteiger partial charge in [0.2, 0.25) is 0 Å². The zero-order chi connectivity index (χ0) is 15.6. The quantitative estimate of drug-likeness (QED) is 0.767. The third kappa shape index (κ3) is 3.01. The highest BCUT2D eigenvalue weighted by Gasteiger charge is 2.32. The van der Waals surface area contributed by atoms with E-state index >= 15 is 0 Å². The van der Waals surface area contributed by atoms with Gasteiger partial charge in [-0.1, -0.05) is 0 Å². The van der Waals surface area contributed by atoms with Crippen LogP contribution in [0.1, 0.15) is 35.8 Å². The van der Waals surface area contributed by atoms with Crippen LogP contribution in [0.15, 0.2) is 9.32 Å². The van der Waals surface area contributed by atoms with Crippen molar-refractivity contribution in [3.05, 3.63) is 21.7 Å². The van der Waals surface area contributed by atoms with Crippen LogP contribution in [0.3, 0.4) is 0 Å². The highest BCUT2D eigenvalue weighted by molar-refractivity contribution is 5.95. The van der Waals surface area contributed by atoms with Gasteiger partial charge in [-0.05, 0) is 26.7 Å². The van der Waals surface area contributed by atoms with Gasteiger partial charge in [0.1, 0.15) is 5.56 Å². The van der Waals surface area contributed by atoms with Gasteiger partial charge in [0.15, 0.2) is 0 Å². The number of piperidine rings is 1. The summed E-state index contributed by atoms with van der Waals surface area (Å²) in [6, 6.07) is 0. The molecule has 2 heterocycles. The fourth-order valence-corrected chi connectivity index (χ4v) is 2.56. The molecule has 1 unspecified atom stereocenters. The van der Waals surface area contributed by atoms with Crippen molar-refractivity contribution in [1.82, 2.24) is 9.64 Å². The molecule has 0 bridgehead atoms. The van der Waals surface area contributed by atoms with Gasteiger partial charge in [0.05, 0.1) is 18.2 Å². The Bertz CT molecular complexity index is 601. The van der Waals surface area contributed by atoms with Crippen LogP contribution in [0, 0.1) is 12.8 Å². The Morgan fingerprint density at radius 3 is 2.71 bits per heavy atom. The fourth-order valence-electron chi connectivity index (χ4n) is 2.56. The standard InChI is InChI=1S/C14H20N2O5/c1-4-20-13(18)10-6-5-7-16(8-10)12(17)11-9(2)15(3)21-14(11)19/h10H,4-8H2,1-3H3. The summed E-state index contributed by atoms with van der Waals surface area (Å²) in [4.78, 5) is 37.5. The number of carbonyl (C=O) groups is 2. The zero-order valence-corrected chi connectivity index (χ0v) is 12.5. The molecule has 1 fully saturated rings. The van der Waals surface area contributed by atoms with Crippen LogP contribution in [-0.4, -0.2) is 41.2 Å². The maximum absolute atomic E-state index is 12.5. The molecule has 0 spiro atoms. The lowest BCUT2D eigenvalue weighted by molar-refractivity contribution is -0.149. The second-order valence-electron chi connectivity index (χ2n) is 5.18. The Labute approximate surface area is 122 Å². The predicted octanol–water partition coefficient (Wildman–Crippen LogP) is 0.702. The lowest BCUT2D eigenvalue weighted by Gasteiger charge is -2.31. The summed E-state index contributed by atoms with van der Waals surface area (Å²) in [6.07, 6.45) is 1.41. The van der Waals surface area contributed by atoms with Crippen LogP contribution >= 0.6 is 0 Å². The van der Waals surface area contributed by atoms with Gasteiger partial charge in [0.25, 0.3) is 5.91 Å². The van der Waals surface area contributed by atoms with E-state index in [1.807, 2.05) is 0 Å². The van der Waals surface area contributed by atoms with Crippen LogP contribution in [-0.2, 0) is 16.6 Å². The second kappa shape index (κ2) is 6.15. The molecule has 0 radical (unpaired) electrons. The summed E-state index contributed by atoms with van der Waals surface area (Å²) in [5.41, 5.74) is -0.108. The number of nitrogens with zero attached hydrogens (tertiary/aromatic N) is 2. The molecule has 1 aromatic rings. The van der Waals surface area contributed by atoms with Crippen molar-refractivity contribution in [3.63, 3.8) is 0 Å². The first-order valence-corrected chi connectivity index (χ1v) is 7.08. The highest BCUT2D eigenvalue weighted by Crippen LogP contribution is 2.20. The molecule has 1 aliphatic rings. The highest BCUT2D eigenvalue weighted by atomic mass is 16.5. The van der Waals surface area contributed by atoms with Crippen molar-refractivity contribution in [2.45, 2.75) is 26.7 Å². The van der Waals surface area contributed by atoms with Crippen LogP contribution in [0.5, 0.6) is 0 Å². The molecule has 1 aliphatic heterocycles. The number of ether oxygens (including phenoxy) is 1. The number of esters is 1. The van der Waals surface area contributed by atoms with Crippen LogP contribution in [0.25, 0.3) is 0 Å². The predicted molar refractivity (Wildman–Crippen MR) is 73.9 cm³/mol. The molecule has 1 saturated heterocycles. The minimum Gasteiger partial charge on any atom is -0.466 e. The molecule has 7 heteroatoms. The zero-order valence-electron chi connectivity index (χ0n) is 12.5. The maximum Gasteiger partial charge on any atom is 0.370 e. The molecule has 0 aliphatic carbocycles. The van der Waals surface area contributed by atoms with Gasteiger partial charge in [-0.3, -0.25) is 9.59 Å². The van der Waals surface area contributed by atoms with Crippen LogP contribution < -0.4 is 5.63 Å². The number of rotatable bonds is 3. The third-order valence-electron chi connectivity index (χ3n) is 3.80. The summed E-state index contributed by atoms with van der Waals surface area (Å²) < 4.78 is 11.2. The number of carbonyl (C=O) groups excluding carboxylic acids is 2. The SMILES string of the molecule is CCOC(=O)C1CCCN(C(=O)c2c(C)n(C)oc2=O)C1. The summed E-state index contributed by atoms with van der Waals surface area (Å²) in [5, 5.41) is 0. The summed E-state index contributed by atoms with van der Waals surface area (Å²) in [7, 11) is 1.57. The van der Waals surface area contributed by atoms with E-state index < -0.39 is 5.63 Å². The minimum absolute atomic E-state index is 0.0435. The number of amides is 1. The Hall–Kier alpha value is -2.05. The molecule has 21 heavy (non-hydrogen) atoms. The Morgan fingerprint density at radius 2 is 2.14 bits per heavy atom. The Balaban J connectivity index is 2.16. The Morgan fingerprint density at radius 1 is 1.43 bits per heavy atom. The monoisotopic (exact) mass is 296 g/mol. The average Bonchev–Trinajstić information content (AvgIpc) is 2.72. The van der Waals surface area contributed by atoms with E-state index in [1.165, 1.54) is 9.64 Å². The fraction of sp³-hybridized carbons (Fsp3) is 0.643. The second-order valence-corrected chi connectivity index (χ2v) is 5.18. The summed E-state index contributed by atoms with van der Waals surface area (Å²) in [6.45, 7) is 4.55. The smallest absolute Gasteiger partial charge is 0.370 e. The molecule has 0 saturated carbocycles. The minimum atomic E-state index is -0.641. The molecule has 1 atom stereocenters. The lowest BCUT2D eigenvalue weighted by Crippen LogP contribution is -2.44. The first kappa shape index (κ1) is 15.3. The van der Waals surface area contributed by atoms with Crippen LogP contribution in [0.4, 0.5) is 0 Å². The van der Waals surface area contributed by atoms with Crippen molar-refractivity contribution < 1.29 is 18.8 Å². The number of aryl methyl sites for hydroxylation is 1. The number of aromatic nitrogens is 1. The van der Waals surface area contributed by atoms with Gasteiger partial charge in [0, 0.05) is 20.1 Å². The molecule has 2 rings (SSSR count). The van der Waals surface area contributed by atoms with Gasteiger partial charge >= 0.3 is 11.6 Å². The average molecular weight is 296 g/mol. The molecule has 1 amide bonds. The van der Waals surface area contributed by atoms with Gasteiger partial charge in [-0.25, -0.2) is 9.53 Å². The van der Waals surface area contributed by atoms with Gasteiger partial charge in [-0.15, -0.1) is 0 Å². The van der Waals surface area contributed by atoms with Crippen molar-refractivity contribution >= 4 is 11.9 Å². The lowest BCUT2D eigenvalue weighted by atomic mass is 9.97. The van der Waals surface area contributed by atoms with Gasteiger partial charge < -0.3 is 14.2 Å². The molecular weight excluding hydrogens is 276 g/mol. The molecule has 116 valence electrons. The van der Waals surface area contributed by atoms with E-state index in [9.17, 15) is 14.4 Å². The van der Waals surface area contributed by atoms with E-state index in [-0.39, 0.29) is 29.9 Å². The van der Waals surface area contributed by atoms with Crippen LogP contribution in [0.2, 0.25) is 0 Å². The molecule has 7 nitrogen and oxygen atoms in total. The molecule has 0 N–H and O–H groups in total. The van der Waals surface area contributed by atoms with Gasteiger partial charge in [-0.2, -0.15) is 0 Å². The number of likely N-dealkylation sites (tertiary alicyclic amines) is 1. The summed E-state index contributed by atoms with van der Waals surface area (Å²) >= 11 is 0. The van der Waals surface area contributed by atoms with Crippen molar-refractivity contribution in [2.75, 3.05) is 19.7 Å². The van der Waals surface area contributed by atoms with Crippen molar-refractivity contribution in [2.24, 2.45) is 13.0 Å². The largest absolute Gasteiger partial charge is 0.466 e. The normalized spacial score (nSPS) is 18.6. The molecule has 1 aromatic heterocycles. The van der Waals surface area contributed by atoms with E-state index in [0.29, 0.717) is 31.7 Å². The molecule has 0 aromatic carbocycles. The molecular formula is C14H20N2O5. The third-order valence-corrected chi connectivity index (χ3v) is 3.80. The number of hydrogen-bond donors (Lipinski definition) is 0. The first-order valence-electron chi connectivity index (χ1n) is 7.08. The topological polar surface area (TPSA) is 81.8 Å². The van der Waals surface area contributed by atoms with E-state index in [4.69, 9.17) is 9.26 Å².